The van der Waals surface area contributed by atoms with Crippen LogP contribution in [-0.4, -0.2) is 36.6 Å². The third-order valence-electron chi connectivity index (χ3n) is 4.22. The van der Waals surface area contributed by atoms with Crippen molar-refractivity contribution in [2.45, 2.75) is 54.0 Å². The lowest BCUT2D eigenvalue weighted by molar-refractivity contribution is -0.149. The van der Waals surface area contributed by atoms with Gasteiger partial charge in [-0.15, -0.1) is 0 Å². The van der Waals surface area contributed by atoms with E-state index in [-0.39, 0.29) is 16.8 Å². The van der Waals surface area contributed by atoms with Gasteiger partial charge in [-0.3, -0.25) is 9.69 Å². The molecule has 2 unspecified atom stereocenters. The molecule has 1 aliphatic heterocycles. The van der Waals surface area contributed by atoms with Gasteiger partial charge in [-0.25, -0.2) is 0 Å². The van der Waals surface area contributed by atoms with Gasteiger partial charge in [0.15, 0.2) is 0 Å². The Morgan fingerprint density at radius 2 is 1.82 bits per heavy atom. The molecule has 0 aromatic carbocycles. The van der Waals surface area contributed by atoms with E-state index in [2.05, 4.69) is 46.4 Å². The standard InChI is InChI=1S/C14H27NO2/c1-11-9-15(11)8-7-12(16)17-10-14(5,6)13(2,3)4/h11H,7-10H2,1-6H3. The SMILES string of the molecule is CC1CN1CCC(=O)OCC(C)(C)C(C)(C)C. The van der Waals surface area contributed by atoms with Crippen LogP contribution in [0.3, 0.4) is 0 Å². The summed E-state index contributed by atoms with van der Waals surface area (Å²) in [6, 6.07) is 0.661. The van der Waals surface area contributed by atoms with Crippen LogP contribution < -0.4 is 0 Å². The van der Waals surface area contributed by atoms with Gasteiger partial charge in [0.1, 0.15) is 0 Å². The zero-order valence-corrected chi connectivity index (χ0v) is 12.2. The van der Waals surface area contributed by atoms with Crippen LogP contribution >= 0.6 is 0 Å². The highest BCUT2D eigenvalue weighted by atomic mass is 16.5. The molecule has 0 aromatic heterocycles. The van der Waals surface area contributed by atoms with Crippen LogP contribution in [0, 0.1) is 10.8 Å². The minimum absolute atomic E-state index is 0.00974. The van der Waals surface area contributed by atoms with E-state index in [1.54, 1.807) is 0 Å². The van der Waals surface area contributed by atoms with Crippen LogP contribution in [-0.2, 0) is 9.53 Å². The summed E-state index contributed by atoms with van der Waals surface area (Å²) in [5.41, 5.74) is 0.150. The topological polar surface area (TPSA) is 29.3 Å². The molecule has 1 aliphatic rings. The molecule has 3 nitrogen and oxygen atoms in total. The van der Waals surface area contributed by atoms with Gasteiger partial charge in [0.25, 0.3) is 0 Å². The number of rotatable bonds is 5. The van der Waals surface area contributed by atoms with Gasteiger partial charge in [-0.05, 0) is 12.3 Å². The van der Waals surface area contributed by atoms with Gasteiger partial charge >= 0.3 is 5.97 Å². The van der Waals surface area contributed by atoms with E-state index in [4.69, 9.17) is 4.74 Å². The highest BCUT2D eigenvalue weighted by molar-refractivity contribution is 5.69. The first-order chi connectivity index (χ1) is 7.63. The zero-order chi connectivity index (χ0) is 13.3. The maximum atomic E-state index is 11.6. The van der Waals surface area contributed by atoms with Crippen molar-refractivity contribution in [1.29, 1.82) is 0 Å². The van der Waals surface area contributed by atoms with Crippen molar-refractivity contribution in [3.8, 4) is 0 Å². The molecule has 3 heteroatoms. The molecule has 0 aromatic rings. The molecule has 1 saturated heterocycles. The van der Waals surface area contributed by atoms with Gasteiger partial charge < -0.3 is 4.74 Å². The Morgan fingerprint density at radius 3 is 2.24 bits per heavy atom. The molecule has 0 amide bonds. The Balaban J connectivity index is 2.23. The number of hydrogen-bond donors (Lipinski definition) is 0. The molecular formula is C14H27NO2. The van der Waals surface area contributed by atoms with Crippen LogP contribution in [0.1, 0.15) is 48.0 Å². The minimum Gasteiger partial charge on any atom is -0.465 e. The summed E-state index contributed by atoms with van der Waals surface area (Å²) in [7, 11) is 0. The summed E-state index contributed by atoms with van der Waals surface area (Å²) in [6.07, 6.45) is 0.518. The monoisotopic (exact) mass is 241 g/mol. The first kappa shape index (κ1) is 14.5. The molecular weight excluding hydrogens is 214 g/mol. The largest absolute Gasteiger partial charge is 0.465 e. The van der Waals surface area contributed by atoms with Crippen molar-refractivity contribution in [2.24, 2.45) is 10.8 Å². The molecule has 0 aliphatic carbocycles. The number of hydrogen-bond acceptors (Lipinski definition) is 3. The minimum atomic E-state index is -0.0681. The van der Waals surface area contributed by atoms with Gasteiger partial charge in [-0.1, -0.05) is 34.6 Å². The van der Waals surface area contributed by atoms with E-state index < -0.39 is 0 Å². The molecule has 0 spiro atoms. The van der Waals surface area contributed by atoms with Gasteiger partial charge in [0, 0.05) is 24.5 Å². The molecule has 0 saturated carbocycles. The van der Waals surface area contributed by atoms with Gasteiger partial charge in [0.2, 0.25) is 0 Å². The van der Waals surface area contributed by atoms with Crippen molar-refractivity contribution in [3.63, 3.8) is 0 Å². The Labute approximate surface area is 106 Å². The van der Waals surface area contributed by atoms with Crippen LogP contribution in [0.15, 0.2) is 0 Å². The van der Waals surface area contributed by atoms with Crippen molar-refractivity contribution in [2.75, 3.05) is 19.7 Å². The van der Waals surface area contributed by atoms with Gasteiger partial charge in [0.05, 0.1) is 13.0 Å². The van der Waals surface area contributed by atoms with Crippen LogP contribution in [0.4, 0.5) is 0 Å². The molecule has 0 bridgehead atoms. The maximum absolute atomic E-state index is 11.6. The fraction of sp³-hybridized carbons (Fsp3) is 0.929. The first-order valence-corrected chi connectivity index (χ1v) is 6.53. The Kier molecular flexibility index (Phi) is 4.23. The predicted octanol–water partition coefficient (Wildman–Crippen LogP) is 2.70. The normalized spacial score (nSPS) is 24.6. The second-order valence-corrected chi connectivity index (χ2v) is 6.89. The molecule has 0 N–H and O–H groups in total. The Morgan fingerprint density at radius 1 is 1.29 bits per heavy atom. The molecule has 17 heavy (non-hydrogen) atoms. The third-order valence-corrected chi connectivity index (χ3v) is 4.22. The number of esters is 1. The van der Waals surface area contributed by atoms with E-state index in [0.29, 0.717) is 19.1 Å². The fourth-order valence-corrected chi connectivity index (χ4v) is 1.39. The summed E-state index contributed by atoms with van der Waals surface area (Å²) in [4.78, 5) is 13.9. The third kappa shape index (κ3) is 4.30. The second kappa shape index (κ2) is 4.97. The number of carbonyl (C=O) groups is 1. The highest BCUT2D eigenvalue weighted by Gasteiger charge is 2.34. The first-order valence-electron chi connectivity index (χ1n) is 6.53. The van der Waals surface area contributed by atoms with Crippen molar-refractivity contribution < 1.29 is 9.53 Å². The summed E-state index contributed by atoms with van der Waals surface area (Å²) < 4.78 is 5.38. The second-order valence-electron chi connectivity index (χ2n) is 6.89. The summed E-state index contributed by atoms with van der Waals surface area (Å²) in [6.45, 7) is 15.5. The lowest BCUT2D eigenvalue weighted by Crippen LogP contribution is -2.35. The van der Waals surface area contributed by atoms with E-state index in [9.17, 15) is 4.79 Å². The summed E-state index contributed by atoms with van der Waals surface area (Å²) >= 11 is 0. The summed E-state index contributed by atoms with van der Waals surface area (Å²) in [5, 5.41) is 0. The van der Waals surface area contributed by atoms with Crippen molar-refractivity contribution in [1.82, 2.24) is 4.90 Å². The highest BCUT2D eigenvalue weighted by Crippen LogP contribution is 2.37. The van der Waals surface area contributed by atoms with Crippen molar-refractivity contribution in [3.05, 3.63) is 0 Å². The van der Waals surface area contributed by atoms with E-state index in [1.807, 2.05) is 0 Å². The lowest BCUT2D eigenvalue weighted by Gasteiger charge is -2.38. The number of nitrogens with zero attached hydrogens (tertiary/aromatic N) is 1. The molecule has 2 atom stereocenters. The Bertz CT molecular complexity index is 278. The number of carbonyl (C=O) groups excluding carboxylic acids is 1. The Hall–Kier alpha value is -0.570. The smallest absolute Gasteiger partial charge is 0.307 e. The van der Waals surface area contributed by atoms with E-state index in [1.165, 1.54) is 0 Å². The number of ether oxygens (including phenoxy) is 1. The zero-order valence-electron chi connectivity index (χ0n) is 12.2. The van der Waals surface area contributed by atoms with E-state index >= 15 is 0 Å². The van der Waals surface area contributed by atoms with Gasteiger partial charge in [-0.2, -0.15) is 0 Å². The fourth-order valence-electron chi connectivity index (χ4n) is 1.39. The molecule has 0 radical (unpaired) electrons. The molecule has 1 rings (SSSR count). The average molecular weight is 241 g/mol. The van der Waals surface area contributed by atoms with Crippen LogP contribution in [0.2, 0.25) is 0 Å². The van der Waals surface area contributed by atoms with E-state index in [0.717, 1.165) is 13.1 Å². The maximum Gasteiger partial charge on any atom is 0.307 e. The average Bonchev–Trinajstić information content (AvgIpc) is 2.87. The summed E-state index contributed by atoms with van der Waals surface area (Å²) in [5.74, 6) is -0.0681. The predicted molar refractivity (Wildman–Crippen MR) is 69.8 cm³/mol. The lowest BCUT2D eigenvalue weighted by atomic mass is 9.70. The molecule has 1 heterocycles. The molecule has 100 valence electrons. The van der Waals surface area contributed by atoms with Crippen molar-refractivity contribution >= 4 is 5.97 Å². The molecule has 1 fully saturated rings. The van der Waals surface area contributed by atoms with Crippen LogP contribution in [0.5, 0.6) is 0 Å². The van der Waals surface area contributed by atoms with Crippen LogP contribution in [0.25, 0.3) is 0 Å². The quantitative estimate of drug-likeness (QED) is 0.547.